The van der Waals surface area contributed by atoms with Gasteiger partial charge in [0.2, 0.25) is 5.95 Å². The van der Waals surface area contributed by atoms with Crippen LogP contribution in [-0.4, -0.2) is 15.0 Å². The Bertz CT molecular complexity index is 1090. The molecular formula is C23H19FN4. The topological polar surface area (TPSA) is 50.7 Å². The third-order valence-electron chi connectivity index (χ3n) is 4.38. The van der Waals surface area contributed by atoms with Crippen molar-refractivity contribution >= 4 is 11.6 Å². The van der Waals surface area contributed by atoms with E-state index in [2.05, 4.69) is 47.3 Å². The summed E-state index contributed by atoms with van der Waals surface area (Å²) in [7, 11) is 0. The van der Waals surface area contributed by atoms with Crippen molar-refractivity contribution < 1.29 is 4.39 Å². The zero-order valence-corrected chi connectivity index (χ0v) is 15.6. The Kier molecular flexibility index (Phi) is 4.81. The SMILES string of the molecule is Cc1cc(C)cc(Nc2ncc(-c3ccc(F)cc3)c(-c3ccncc3)n2)c1. The van der Waals surface area contributed by atoms with Crippen LogP contribution in [0.2, 0.25) is 0 Å². The Morgan fingerprint density at radius 3 is 2.18 bits per heavy atom. The molecule has 2 aromatic heterocycles. The quantitative estimate of drug-likeness (QED) is 0.500. The van der Waals surface area contributed by atoms with Crippen LogP contribution in [0.15, 0.2) is 73.2 Å². The number of hydrogen-bond acceptors (Lipinski definition) is 4. The lowest BCUT2D eigenvalue weighted by Crippen LogP contribution is -2.01. The van der Waals surface area contributed by atoms with Gasteiger partial charge in [0.05, 0.1) is 5.69 Å². The summed E-state index contributed by atoms with van der Waals surface area (Å²) >= 11 is 0. The third-order valence-corrected chi connectivity index (χ3v) is 4.38. The number of pyridine rings is 1. The summed E-state index contributed by atoms with van der Waals surface area (Å²) in [5.74, 6) is 0.228. The second-order valence-electron chi connectivity index (χ2n) is 6.70. The zero-order chi connectivity index (χ0) is 19.5. The average molecular weight is 370 g/mol. The number of aryl methyl sites for hydroxylation is 2. The first-order valence-electron chi connectivity index (χ1n) is 8.97. The van der Waals surface area contributed by atoms with Crippen LogP contribution in [-0.2, 0) is 0 Å². The van der Waals surface area contributed by atoms with Crippen molar-refractivity contribution in [3.63, 3.8) is 0 Å². The van der Waals surface area contributed by atoms with Crippen LogP contribution >= 0.6 is 0 Å². The van der Waals surface area contributed by atoms with Gasteiger partial charge < -0.3 is 5.32 Å². The Hall–Kier alpha value is -3.60. The molecule has 28 heavy (non-hydrogen) atoms. The molecule has 138 valence electrons. The van der Waals surface area contributed by atoms with Gasteiger partial charge in [-0.2, -0.15) is 0 Å². The van der Waals surface area contributed by atoms with E-state index in [-0.39, 0.29) is 5.82 Å². The summed E-state index contributed by atoms with van der Waals surface area (Å²) in [4.78, 5) is 13.3. The Labute approximate surface area is 163 Å². The summed E-state index contributed by atoms with van der Waals surface area (Å²) in [6.07, 6.45) is 5.22. The number of nitrogens with one attached hydrogen (secondary N) is 1. The second kappa shape index (κ2) is 7.56. The van der Waals surface area contributed by atoms with Crippen molar-refractivity contribution in [1.29, 1.82) is 0 Å². The van der Waals surface area contributed by atoms with Crippen LogP contribution in [0.4, 0.5) is 16.0 Å². The summed E-state index contributed by atoms with van der Waals surface area (Å²) < 4.78 is 13.3. The Balaban J connectivity index is 1.79. The standard InChI is InChI=1S/C23H19FN4/c1-15-11-16(2)13-20(12-15)27-23-26-14-21(17-3-5-19(24)6-4-17)22(28-23)18-7-9-25-10-8-18/h3-14H,1-2H3,(H,26,27,28). The van der Waals surface area contributed by atoms with Crippen LogP contribution in [0.3, 0.4) is 0 Å². The van der Waals surface area contributed by atoms with Crippen LogP contribution in [0.5, 0.6) is 0 Å². The van der Waals surface area contributed by atoms with Crippen LogP contribution in [0, 0.1) is 19.7 Å². The number of halogens is 1. The van der Waals surface area contributed by atoms with Gasteiger partial charge in [0, 0.05) is 35.4 Å². The van der Waals surface area contributed by atoms with E-state index in [0.29, 0.717) is 5.95 Å². The van der Waals surface area contributed by atoms with E-state index < -0.39 is 0 Å². The molecule has 4 aromatic rings. The number of hydrogen-bond donors (Lipinski definition) is 1. The molecule has 0 aliphatic rings. The molecule has 0 amide bonds. The third kappa shape index (κ3) is 3.88. The minimum absolute atomic E-state index is 0.275. The van der Waals surface area contributed by atoms with Crippen molar-refractivity contribution in [2.75, 3.05) is 5.32 Å². The molecule has 0 radical (unpaired) electrons. The molecule has 0 saturated carbocycles. The highest BCUT2D eigenvalue weighted by Crippen LogP contribution is 2.31. The monoisotopic (exact) mass is 370 g/mol. The minimum atomic E-state index is -0.275. The highest BCUT2D eigenvalue weighted by molar-refractivity contribution is 5.81. The number of anilines is 2. The first-order valence-corrected chi connectivity index (χ1v) is 8.97. The fourth-order valence-electron chi connectivity index (χ4n) is 3.19. The zero-order valence-electron chi connectivity index (χ0n) is 15.6. The van der Waals surface area contributed by atoms with Gasteiger partial charge in [0.25, 0.3) is 0 Å². The van der Waals surface area contributed by atoms with Gasteiger partial charge >= 0.3 is 0 Å². The predicted molar refractivity (Wildman–Crippen MR) is 110 cm³/mol. The smallest absolute Gasteiger partial charge is 0.227 e. The van der Waals surface area contributed by atoms with E-state index in [1.54, 1.807) is 30.7 Å². The van der Waals surface area contributed by atoms with Crippen LogP contribution < -0.4 is 5.32 Å². The van der Waals surface area contributed by atoms with Crippen molar-refractivity contribution in [1.82, 2.24) is 15.0 Å². The van der Waals surface area contributed by atoms with Crippen molar-refractivity contribution in [3.05, 3.63) is 90.1 Å². The minimum Gasteiger partial charge on any atom is -0.324 e. The van der Waals surface area contributed by atoms with Crippen molar-refractivity contribution in [3.8, 4) is 22.4 Å². The molecule has 0 fully saturated rings. The fourth-order valence-corrected chi connectivity index (χ4v) is 3.19. The molecule has 0 atom stereocenters. The van der Waals surface area contributed by atoms with E-state index in [0.717, 1.165) is 28.1 Å². The van der Waals surface area contributed by atoms with E-state index in [1.165, 1.54) is 23.3 Å². The van der Waals surface area contributed by atoms with Gasteiger partial charge in [-0.25, -0.2) is 14.4 Å². The van der Waals surface area contributed by atoms with Gasteiger partial charge in [-0.1, -0.05) is 18.2 Å². The molecule has 0 bridgehead atoms. The molecule has 0 aliphatic carbocycles. The van der Waals surface area contributed by atoms with E-state index in [9.17, 15) is 4.39 Å². The largest absolute Gasteiger partial charge is 0.324 e. The van der Waals surface area contributed by atoms with Gasteiger partial charge in [-0.3, -0.25) is 4.98 Å². The first-order chi connectivity index (χ1) is 13.6. The number of aromatic nitrogens is 3. The number of rotatable bonds is 4. The highest BCUT2D eigenvalue weighted by atomic mass is 19.1. The predicted octanol–water partition coefficient (Wildman–Crippen LogP) is 5.71. The number of benzene rings is 2. The van der Waals surface area contributed by atoms with Crippen molar-refractivity contribution in [2.45, 2.75) is 13.8 Å². The van der Waals surface area contributed by atoms with Gasteiger partial charge in [0.1, 0.15) is 5.82 Å². The lowest BCUT2D eigenvalue weighted by atomic mass is 10.0. The van der Waals surface area contributed by atoms with Gasteiger partial charge in [-0.15, -0.1) is 0 Å². The first kappa shape index (κ1) is 17.8. The van der Waals surface area contributed by atoms with E-state index >= 15 is 0 Å². The molecule has 0 unspecified atom stereocenters. The normalized spacial score (nSPS) is 10.7. The molecule has 4 rings (SSSR count). The maximum atomic E-state index is 13.3. The fraction of sp³-hybridized carbons (Fsp3) is 0.0870. The van der Waals surface area contributed by atoms with Gasteiger partial charge in [0.15, 0.2) is 0 Å². The maximum absolute atomic E-state index is 13.3. The molecule has 5 heteroatoms. The molecule has 1 N–H and O–H groups in total. The molecule has 0 spiro atoms. The molecular weight excluding hydrogens is 351 g/mol. The molecule has 0 saturated heterocycles. The van der Waals surface area contributed by atoms with Crippen molar-refractivity contribution in [2.24, 2.45) is 0 Å². The molecule has 0 aliphatic heterocycles. The van der Waals surface area contributed by atoms with E-state index in [1.807, 2.05) is 12.1 Å². The summed E-state index contributed by atoms with van der Waals surface area (Å²) in [5, 5.41) is 3.29. The van der Waals surface area contributed by atoms with E-state index in [4.69, 9.17) is 4.98 Å². The molecule has 4 nitrogen and oxygen atoms in total. The van der Waals surface area contributed by atoms with Crippen LogP contribution in [0.25, 0.3) is 22.4 Å². The lowest BCUT2D eigenvalue weighted by Gasteiger charge is -2.12. The second-order valence-corrected chi connectivity index (χ2v) is 6.70. The Morgan fingerprint density at radius 1 is 0.821 bits per heavy atom. The number of nitrogens with zero attached hydrogens (tertiary/aromatic N) is 3. The molecule has 2 aromatic carbocycles. The summed E-state index contributed by atoms with van der Waals surface area (Å²) in [6.45, 7) is 4.11. The summed E-state index contributed by atoms with van der Waals surface area (Å²) in [5.41, 5.74) is 6.63. The molecule has 2 heterocycles. The lowest BCUT2D eigenvalue weighted by molar-refractivity contribution is 0.628. The van der Waals surface area contributed by atoms with Gasteiger partial charge in [-0.05, 0) is 66.9 Å². The summed E-state index contributed by atoms with van der Waals surface area (Å²) in [6, 6.07) is 16.4. The highest BCUT2D eigenvalue weighted by Gasteiger charge is 2.12. The van der Waals surface area contributed by atoms with Crippen LogP contribution in [0.1, 0.15) is 11.1 Å². The maximum Gasteiger partial charge on any atom is 0.227 e. The Morgan fingerprint density at radius 2 is 1.50 bits per heavy atom. The average Bonchev–Trinajstić information content (AvgIpc) is 2.69.